The standard InChI is InChI=1S/C14H14BrNO/c1-17-13-7-3-5-11(14(13)16)8-10-4-2-6-12(15)9-10/h2-7,9H,8,16H2,1H3. The minimum absolute atomic E-state index is 0.718. The van der Waals surface area contributed by atoms with Gasteiger partial charge in [-0.3, -0.25) is 0 Å². The third kappa shape index (κ3) is 2.80. The lowest BCUT2D eigenvalue weighted by atomic mass is 10.0. The van der Waals surface area contributed by atoms with Gasteiger partial charge in [0.25, 0.3) is 0 Å². The number of rotatable bonds is 3. The molecule has 0 aromatic heterocycles. The molecule has 0 atom stereocenters. The summed E-state index contributed by atoms with van der Waals surface area (Å²) in [7, 11) is 1.63. The number of nitrogens with two attached hydrogens (primary N) is 1. The minimum atomic E-state index is 0.718. The highest BCUT2D eigenvalue weighted by atomic mass is 79.9. The average molecular weight is 292 g/mol. The molecule has 0 saturated carbocycles. The third-order valence-electron chi connectivity index (χ3n) is 2.66. The summed E-state index contributed by atoms with van der Waals surface area (Å²) in [6.07, 6.45) is 0.808. The second-order valence-corrected chi connectivity index (χ2v) is 4.76. The molecular weight excluding hydrogens is 278 g/mol. The summed E-state index contributed by atoms with van der Waals surface area (Å²) in [4.78, 5) is 0. The highest BCUT2D eigenvalue weighted by Crippen LogP contribution is 2.27. The summed E-state index contributed by atoms with van der Waals surface area (Å²) in [5, 5.41) is 0. The number of halogens is 1. The molecule has 0 fully saturated rings. The van der Waals surface area contributed by atoms with Gasteiger partial charge in [-0.1, -0.05) is 40.2 Å². The van der Waals surface area contributed by atoms with Crippen molar-refractivity contribution in [2.24, 2.45) is 0 Å². The van der Waals surface area contributed by atoms with E-state index in [-0.39, 0.29) is 0 Å². The number of nitrogen functional groups attached to an aromatic ring is 1. The largest absolute Gasteiger partial charge is 0.495 e. The molecule has 2 aromatic carbocycles. The van der Waals surface area contributed by atoms with Gasteiger partial charge in [0.15, 0.2) is 0 Å². The Morgan fingerprint density at radius 2 is 1.94 bits per heavy atom. The summed E-state index contributed by atoms with van der Waals surface area (Å²) in [5.41, 5.74) is 9.07. The molecule has 0 bridgehead atoms. The Labute approximate surface area is 110 Å². The maximum Gasteiger partial charge on any atom is 0.142 e. The zero-order valence-electron chi connectivity index (χ0n) is 9.61. The van der Waals surface area contributed by atoms with Crippen LogP contribution in [-0.4, -0.2) is 7.11 Å². The molecule has 17 heavy (non-hydrogen) atoms. The molecule has 3 heteroatoms. The molecule has 0 unspecified atom stereocenters. The number of hydrogen-bond acceptors (Lipinski definition) is 2. The van der Waals surface area contributed by atoms with Gasteiger partial charge in [0, 0.05) is 4.47 Å². The van der Waals surface area contributed by atoms with Crippen LogP contribution in [0.3, 0.4) is 0 Å². The average Bonchev–Trinajstić information content (AvgIpc) is 2.32. The van der Waals surface area contributed by atoms with Crippen LogP contribution in [0.2, 0.25) is 0 Å². The van der Waals surface area contributed by atoms with E-state index in [0.29, 0.717) is 0 Å². The molecule has 0 heterocycles. The minimum Gasteiger partial charge on any atom is -0.495 e. The van der Waals surface area contributed by atoms with Gasteiger partial charge in [0.1, 0.15) is 5.75 Å². The molecule has 2 aromatic rings. The Hall–Kier alpha value is -1.48. The highest BCUT2D eigenvalue weighted by molar-refractivity contribution is 9.10. The van der Waals surface area contributed by atoms with E-state index >= 15 is 0 Å². The first-order chi connectivity index (χ1) is 8.20. The van der Waals surface area contributed by atoms with E-state index in [0.717, 1.165) is 27.9 Å². The zero-order valence-corrected chi connectivity index (χ0v) is 11.2. The zero-order chi connectivity index (χ0) is 12.3. The van der Waals surface area contributed by atoms with Crippen LogP contribution < -0.4 is 10.5 Å². The van der Waals surface area contributed by atoms with Crippen LogP contribution in [0.15, 0.2) is 46.9 Å². The Balaban J connectivity index is 2.30. The first kappa shape index (κ1) is 12.0. The molecule has 2 N–H and O–H groups in total. The molecular formula is C14H14BrNO. The van der Waals surface area contributed by atoms with Crippen molar-refractivity contribution in [1.29, 1.82) is 0 Å². The van der Waals surface area contributed by atoms with E-state index in [1.165, 1.54) is 5.56 Å². The first-order valence-electron chi connectivity index (χ1n) is 5.36. The van der Waals surface area contributed by atoms with Crippen molar-refractivity contribution in [2.75, 3.05) is 12.8 Å². The fraction of sp³-hybridized carbons (Fsp3) is 0.143. The monoisotopic (exact) mass is 291 g/mol. The topological polar surface area (TPSA) is 35.2 Å². The van der Waals surface area contributed by atoms with Gasteiger partial charge < -0.3 is 10.5 Å². The summed E-state index contributed by atoms with van der Waals surface area (Å²) in [6, 6.07) is 14.1. The molecule has 0 saturated heterocycles. The number of para-hydroxylation sites is 1. The summed E-state index contributed by atoms with van der Waals surface area (Å²) in [6.45, 7) is 0. The molecule has 0 spiro atoms. The lowest BCUT2D eigenvalue weighted by molar-refractivity contribution is 0.416. The second-order valence-electron chi connectivity index (χ2n) is 3.84. The highest BCUT2D eigenvalue weighted by Gasteiger charge is 2.05. The molecule has 2 nitrogen and oxygen atoms in total. The molecule has 2 rings (SSSR count). The number of ether oxygens (including phenoxy) is 1. The van der Waals surface area contributed by atoms with Gasteiger partial charge in [-0.15, -0.1) is 0 Å². The quantitative estimate of drug-likeness (QED) is 0.877. The van der Waals surface area contributed by atoms with E-state index < -0.39 is 0 Å². The van der Waals surface area contributed by atoms with Crippen molar-refractivity contribution in [3.8, 4) is 5.75 Å². The Kier molecular flexibility index (Phi) is 3.69. The van der Waals surface area contributed by atoms with Crippen molar-refractivity contribution in [1.82, 2.24) is 0 Å². The van der Waals surface area contributed by atoms with E-state index in [1.807, 2.05) is 30.3 Å². The van der Waals surface area contributed by atoms with Crippen LogP contribution in [0.25, 0.3) is 0 Å². The van der Waals surface area contributed by atoms with Crippen molar-refractivity contribution < 1.29 is 4.74 Å². The van der Waals surface area contributed by atoms with Crippen molar-refractivity contribution in [3.63, 3.8) is 0 Å². The van der Waals surface area contributed by atoms with Crippen molar-refractivity contribution in [2.45, 2.75) is 6.42 Å². The predicted molar refractivity (Wildman–Crippen MR) is 74.4 cm³/mol. The molecule has 0 aliphatic heterocycles. The molecule has 88 valence electrons. The second kappa shape index (κ2) is 5.23. The summed E-state index contributed by atoms with van der Waals surface area (Å²) < 4.78 is 6.29. The lowest BCUT2D eigenvalue weighted by Gasteiger charge is -2.10. The number of anilines is 1. The Morgan fingerprint density at radius 3 is 2.65 bits per heavy atom. The van der Waals surface area contributed by atoms with Gasteiger partial charge in [0.05, 0.1) is 12.8 Å². The fourth-order valence-corrected chi connectivity index (χ4v) is 2.24. The van der Waals surface area contributed by atoms with E-state index in [9.17, 15) is 0 Å². The van der Waals surface area contributed by atoms with Crippen LogP contribution in [-0.2, 0) is 6.42 Å². The van der Waals surface area contributed by atoms with Crippen LogP contribution in [0.1, 0.15) is 11.1 Å². The lowest BCUT2D eigenvalue weighted by Crippen LogP contribution is -1.98. The normalized spacial score (nSPS) is 10.2. The fourth-order valence-electron chi connectivity index (χ4n) is 1.79. The Bertz CT molecular complexity index is 525. The molecule has 0 aliphatic rings. The van der Waals surface area contributed by atoms with Gasteiger partial charge in [0.2, 0.25) is 0 Å². The number of hydrogen-bond donors (Lipinski definition) is 1. The van der Waals surface area contributed by atoms with Gasteiger partial charge in [-0.25, -0.2) is 0 Å². The summed E-state index contributed by atoms with van der Waals surface area (Å²) >= 11 is 3.47. The third-order valence-corrected chi connectivity index (χ3v) is 3.15. The van der Waals surface area contributed by atoms with Gasteiger partial charge >= 0.3 is 0 Å². The van der Waals surface area contributed by atoms with E-state index in [1.54, 1.807) is 7.11 Å². The maximum absolute atomic E-state index is 6.04. The van der Waals surface area contributed by atoms with Crippen LogP contribution >= 0.6 is 15.9 Å². The SMILES string of the molecule is COc1cccc(Cc2cccc(Br)c2)c1N. The Morgan fingerprint density at radius 1 is 1.18 bits per heavy atom. The number of benzene rings is 2. The van der Waals surface area contributed by atoms with Crippen molar-refractivity contribution in [3.05, 3.63) is 58.1 Å². The van der Waals surface area contributed by atoms with Crippen LogP contribution in [0.5, 0.6) is 5.75 Å². The molecule has 0 aliphatic carbocycles. The van der Waals surface area contributed by atoms with E-state index in [4.69, 9.17) is 10.5 Å². The van der Waals surface area contributed by atoms with Gasteiger partial charge in [-0.2, -0.15) is 0 Å². The maximum atomic E-state index is 6.04. The summed E-state index contributed by atoms with van der Waals surface area (Å²) in [5.74, 6) is 0.734. The van der Waals surface area contributed by atoms with Crippen LogP contribution in [0, 0.1) is 0 Å². The smallest absolute Gasteiger partial charge is 0.142 e. The molecule has 0 amide bonds. The van der Waals surface area contributed by atoms with E-state index in [2.05, 4.69) is 28.1 Å². The van der Waals surface area contributed by atoms with Gasteiger partial charge in [-0.05, 0) is 35.7 Å². The number of methoxy groups -OCH3 is 1. The van der Waals surface area contributed by atoms with Crippen LogP contribution in [0.4, 0.5) is 5.69 Å². The predicted octanol–water partition coefficient (Wildman–Crippen LogP) is 3.63. The molecule has 0 radical (unpaired) electrons. The first-order valence-corrected chi connectivity index (χ1v) is 6.16. The van der Waals surface area contributed by atoms with Crippen molar-refractivity contribution >= 4 is 21.6 Å².